The first-order chi connectivity index (χ1) is 14.2. The quantitative estimate of drug-likeness (QED) is 0.657. The second-order valence-corrected chi connectivity index (χ2v) is 8.37. The van der Waals surface area contributed by atoms with Crippen LogP contribution in [0.25, 0.3) is 16.8 Å². The van der Waals surface area contributed by atoms with Crippen molar-refractivity contribution in [2.75, 3.05) is 0 Å². The van der Waals surface area contributed by atoms with Gasteiger partial charge in [-0.2, -0.15) is 13.2 Å². The molecule has 5 rings (SSSR count). The van der Waals surface area contributed by atoms with Crippen molar-refractivity contribution in [1.29, 1.82) is 0 Å². The van der Waals surface area contributed by atoms with Crippen molar-refractivity contribution in [1.82, 2.24) is 19.7 Å². The molecule has 0 amide bonds. The Balaban J connectivity index is 1.61. The number of fused-ring (bicyclic) bond motifs is 3. The summed E-state index contributed by atoms with van der Waals surface area (Å²) in [6.07, 6.45) is -0.114. The molecule has 156 valence electrons. The van der Waals surface area contributed by atoms with Gasteiger partial charge in [-0.15, -0.1) is 10.2 Å². The van der Waals surface area contributed by atoms with Gasteiger partial charge in [0.05, 0.1) is 10.7 Å². The van der Waals surface area contributed by atoms with E-state index >= 15 is 0 Å². The van der Waals surface area contributed by atoms with Crippen LogP contribution < -0.4 is 0 Å². The lowest BCUT2D eigenvalue weighted by molar-refractivity contribution is -0.275. The summed E-state index contributed by atoms with van der Waals surface area (Å²) in [5.41, 5.74) is -0.220. The topological polar surface area (TPSA) is 63.8 Å². The van der Waals surface area contributed by atoms with Crippen LogP contribution in [0, 0.1) is 12.8 Å². The molecule has 30 heavy (non-hydrogen) atoms. The van der Waals surface area contributed by atoms with E-state index in [-0.39, 0.29) is 5.56 Å². The van der Waals surface area contributed by atoms with E-state index in [0.717, 1.165) is 29.1 Å². The summed E-state index contributed by atoms with van der Waals surface area (Å²) in [6.45, 7) is 1.85. The van der Waals surface area contributed by atoms with Crippen molar-refractivity contribution >= 4 is 11.6 Å². The lowest BCUT2D eigenvalue weighted by atomic mass is 9.87. The molecule has 2 aliphatic rings. The Bertz CT molecular complexity index is 1160. The summed E-state index contributed by atoms with van der Waals surface area (Å²) < 4.78 is 43.1. The summed E-state index contributed by atoms with van der Waals surface area (Å²) in [7, 11) is 0. The number of benzene rings is 1. The lowest BCUT2D eigenvalue weighted by Gasteiger charge is -2.31. The second kappa shape index (κ2) is 6.52. The molecule has 1 unspecified atom stereocenters. The zero-order valence-electron chi connectivity index (χ0n) is 16.0. The number of rotatable bonds is 3. The average molecular weight is 435 g/mol. The normalized spacial score (nSPS) is 17.9. The van der Waals surface area contributed by atoms with Crippen LogP contribution in [0.15, 0.2) is 30.6 Å². The van der Waals surface area contributed by atoms with Crippen LogP contribution >= 0.6 is 11.6 Å². The van der Waals surface area contributed by atoms with Crippen molar-refractivity contribution in [2.45, 2.75) is 44.4 Å². The van der Waals surface area contributed by atoms with Gasteiger partial charge in [0.15, 0.2) is 5.60 Å². The number of alkyl halides is 3. The molecule has 1 saturated carbocycles. The molecule has 1 N–H and O–H groups in total. The van der Waals surface area contributed by atoms with Gasteiger partial charge < -0.3 is 5.11 Å². The third kappa shape index (κ3) is 2.85. The number of aliphatic hydroxyl groups is 1. The van der Waals surface area contributed by atoms with Crippen molar-refractivity contribution in [3.05, 3.63) is 58.4 Å². The fourth-order valence-electron chi connectivity index (χ4n) is 4.31. The van der Waals surface area contributed by atoms with Gasteiger partial charge in [0.25, 0.3) is 0 Å². The number of hydrogen-bond acceptors (Lipinski definition) is 4. The molecule has 0 radical (unpaired) electrons. The van der Waals surface area contributed by atoms with Gasteiger partial charge in [-0.3, -0.25) is 9.55 Å². The number of aromatic nitrogens is 4. The molecule has 0 saturated heterocycles. The molecule has 1 aliphatic heterocycles. The van der Waals surface area contributed by atoms with E-state index in [1.165, 1.54) is 12.3 Å². The number of halogens is 4. The van der Waals surface area contributed by atoms with Crippen LogP contribution in [0.2, 0.25) is 5.02 Å². The first-order valence-corrected chi connectivity index (χ1v) is 10.1. The zero-order chi connectivity index (χ0) is 21.3. The highest BCUT2D eigenvalue weighted by molar-refractivity contribution is 6.33. The summed E-state index contributed by atoms with van der Waals surface area (Å²) in [4.78, 5) is 4.01. The second-order valence-electron chi connectivity index (χ2n) is 7.97. The van der Waals surface area contributed by atoms with Crippen LogP contribution in [0.1, 0.15) is 35.6 Å². The largest absolute Gasteiger partial charge is 0.421 e. The maximum absolute atomic E-state index is 13.7. The molecular weight excluding hydrogens is 417 g/mol. The minimum absolute atomic E-state index is 0.235. The van der Waals surface area contributed by atoms with E-state index < -0.39 is 17.7 Å². The van der Waals surface area contributed by atoms with Gasteiger partial charge in [0.2, 0.25) is 0 Å². The van der Waals surface area contributed by atoms with Gasteiger partial charge in [0.1, 0.15) is 11.6 Å². The standard InChI is InChI=1S/C21H18ClF3N4O/c1-11-27-28-18-5-2-12-6-13(8-17(22)19(12)29(11)18)14-7-16(10-26-9-14)20(30,15-3-4-15)21(23,24)25/h6-10,15,30H,2-5H2,1H3. The Labute approximate surface area is 175 Å². The van der Waals surface area contributed by atoms with Gasteiger partial charge in [-0.25, -0.2) is 0 Å². The van der Waals surface area contributed by atoms with E-state index in [1.54, 1.807) is 6.07 Å². The molecule has 1 fully saturated rings. The van der Waals surface area contributed by atoms with Gasteiger partial charge in [0, 0.05) is 35.9 Å². The molecule has 3 aromatic rings. The molecule has 5 nitrogen and oxygen atoms in total. The summed E-state index contributed by atoms with van der Waals surface area (Å²) in [5, 5.41) is 19.3. The van der Waals surface area contributed by atoms with Crippen LogP contribution in [0.3, 0.4) is 0 Å². The van der Waals surface area contributed by atoms with Gasteiger partial charge in [-0.1, -0.05) is 11.6 Å². The van der Waals surface area contributed by atoms with E-state index in [9.17, 15) is 18.3 Å². The van der Waals surface area contributed by atoms with Gasteiger partial charge >= 0.3 is 6.18 Å². The Morgan fingerprint density at radius 1 is 1.07 bits per heavy atom. The van der Waals surface area contributed by atoms with Crippen molar-refractivity contribution in [3.8, 4) is 16.8 Å². The maximum atomic E-state index is 13.7. The predicted molar refractivity (Wildman–Crippen MR) is 104 cm³/mol. The molecule has 0 bridgehead atoms. The maximum Gasteiger partial charge on any atom is 0.421 e. The molecule has 1 aromatic carbocycles. The van der Waals surface area contributed by atoms with E-state index in [4.69, 9.17) is 11.6 Å². The van der Waals surface area contributed by atoms with Gasteiger partial charge in [-0.05, 0) is 55.5 Å². The highest BCUT2D eigenvalue weighted by Crippen LogP contribution is 2.54. The highest BCUT2D eigenvalue weighted by Gasteiger charge is 2.63. The summed E-state index contributed by atoms with van der Waals surface area (Å²) in [5.74, 6) is 0.721. The molecule has 2 aromatic heterocycles. The third-order valence-corrected chi connectivity index (χ3v) is 6.28. The third-order valence-electron chi connectivity index (χ3n) is 5.99. The predicted octanol–water partition coefficient (Wildman–Crippen LogP) is 4.55. The Hall–Kier alpha value is -2.45. The van der Waals surface area contributed by atoms with Crippen LogP contribution in [0.4, 0.5) is 13.2 Å². The molecule has 0 spiro atoms. The molecule has 3 heterocycles. The highest BCUT2D eigenvalue weighted by atomic mass is 35.5. The first-order valence-electron chi connectivity index (χ1n) is 9.69. The van der Waals surface area contributed by atoms with Crippen molar-refractivity contribution in [2.24, 2.45) is 5.92 Å². The van der Waals surface area contributed by atoms with Crippen LogP contribution in [-0.2, 0) is 18.4 Å². The Morgan fingerprint density at radius 2 is 1.83 bits per heavy atom. The van der Waals surface area contributed by atoms with Crippen molar-refractivity contribution < 1.29 is 18.3 Å². The molecular formula is C21H18ClF3N4O. The van der Waals surface area contributed by atoms with E-state index in [2.05, 4.69) is 15.2 Å². The van der Waals surface area contributed by atoms with Crippen LogP contribution in [-0.4, -0.2) is 31.0 Å². The lowest BCUT2D eigenvalue weighted by Crippen LogP contribution is -2.44. The minimum atomic E-state index is -4.77. The monoisotopic (exact) mass is 434 g/mol. The first kappa shape index (κ1) is 19.5. The molecule has 9 heteroatoms. The molecule has 1 atom stereocenters. The number of nitrogens with zero attached hydrogens (tertiary/aromatic N) is 4. The fraction of sp³-hybridized carbons (Fsp3) is 0.381. The van der Waals surface area contributed by atoms with E-state index in [0.29, 0.717) is 41.8 Å². The zero-order valence-corrected chi connectivity index (χ0v) is 16.8. The SMILES string of the molecule is Cc1nnc2n1-c1c(Cl)cc(-c3cncc(C(O)(C4CC4)C(F)(F)F)c3)cc1CC2. The smallest absolute Gasteiger partial charge is 0.376 e. The summed E-state index contributed by atoms with van der Waals surface area (Å²) >= 11 is 6.59. The Morgan fingerprint density at radius 3 is 2.53 bits per heavy atom. The van der Waals surface area contributed by atoms with Crippen LogP contribution in [0.5, 0.6) is 0 Å². The summed E-state index contributed by atoms with van der Waals surface area (Å²) in [6, 6.07) is 4.99. The fourth-order valence-corrected chi connectivity index (χ4v) is 4.63. The minimum Gasteiger partial charge on any atom is -0.376 e. The van der Waals surface area contributed by atoms with Crippen molar-refractivity contribution in [3.63, 3.8) is 0 Å². The molecule has 1 aliphatic carbocycles. The Kier molecular flexibility index (Phi) is 4.24. The average Bonchev–Trinajstić information content (AvgIpc) is 3.50. The van der Waals surface area contributed by atoms with E-state index in [1.807, 2.05) is 17.6 Å². The number of pyridine rings is 1. The number of hydrogen-bond donors (Lipinski definition) is 1. The number of aryl methyl sites for hydroxylation is 3.